The molecule has 0 bridgehead atoms. The van der Waals surface area contributed by atoms with Crippen molar-refractivity contribution >= 4 is 11.8 Å². The van der Waals surface area contributed by atoms with Gasteiger partial charge in [0.05, 0.1) is 12.6 Å². The largest absolute Gasteiger partial charge is 0.493 e. The highest BCUT2D eigenvalue weighted by atomic mass is 32.2. The number of rotatable bonds is 8. The molecule has 0 aromatic heterocycles. The van der Waals surface area contributed by atoms with Crippen molar-refractivity contribution in [3.05, 3.63) is 23.8 Å². The van der Waals surface area contributed by atoms with Gasteiger partial charge in [-0.15, -0.1) is 0 Å². The van der Waals surface area contributed by atoms with E-state index in [4.69, 9.17) is 9.47 Å². The zero-order valence-corrected chi connectivity index (χ0v) is 12.6. The highest BCUT2D eigenvalue weighted by Gasteiger charge is 2.23. The third kappa shape index (κ3) is 4.05. The quantitative estimate of drug-likeness (QED) is 0.741. The molecule has 2 rings (SSSR count). The van der Waals surface area contributed by atoms with E-state index in [0.29, 0.717) is 6.04 Å². The molecule has 0 radical (unpaired) electrons. The molecule has 1 aromatic carbocycles. The summed E-state index contributed by atoms with van der Waals surface area (Å²) in [5, 5.41) is 3.42. The van der Waals surface area contributed by atoms with Crippen molar-refractivity contribution in [2.45, 2.75) is 26.3 Å². The monoisotopic (exact) mass is 281 g/mol. The second-order valence-electron chi connectivity index (χ2n) is 4.52. The molecule has 0 amide bonds. The Bertz CT molecular complexity index is 398. The third-order valence-corrected chi connectivity index (χ3v) is 4.11. The SMILES string of the molecule is CCNC1COc2cc(OCCCSCC)ccc21. The average Bonchev–Trinajstić information content (AvgIpc) is 2.82. The number of hydrogen-bond acceptors (Lipinski definition) is 4. The summed E-state index contributed by atoms with van der Waals surface area (Å²) in [6.07, 6.45) is 1.09. The van der Waals surface area contributed by atoms with Crippen LogP contribution in [0, 0.1) is 0 Å². The van der Waals surface area contributed by atoms with E-state index in [1.165, 1.54) is 17.1 Å². The van der Waals surface area contributed by atoms with Crippen molar-refractivity contribution in [1.82, 2.24) is 5.32 Å². The highest BCUT2D eigenvalue weighted by Crippen LogP contribution is 2.35. The molecule has 19 heavy (non-hydrogen) atoms. The molecule has 1 aromatic rings. The van der Waals surface area contributed by atoms with E-state index in [9.17, 15) is 0 Å². The van der Waals surface area contributed by atoms with E-state index in [0.717, 1.165) is 37.7 Å². The van der Waals surface area contributed by atoms with Gasteiger partial charge in [0.2, 0.25) is 0 Å². The van der Waals surface area contributed by atoms with Crippen LogP contribution in [0.15, 0.2) is 18.2 Å². The maximum atomic E-state index is 5.76. The molecule has 1 N–H and O–H groups in total. The Balaban J connectivity index is 1.84. The lowest BCUT2D eigenvalue weighted by molar-refractivity contribution is 0.304. The highest BCUT2D eigenvalue weighted by molar-refractivity contribution is 7.99. The number of ether oxygens (including phenoxy) is 2. The molecular weight excluding hydrogens is 258 g/mol. The normalized spacial score (nSPS) is 17.1. The van der Waals surface area contributed by atoms with Gasteiger partial charge < -0.3 is 14.8 Å². The van der Waals surface area contributed by atoms with Crippen LogP contribution in [0.3, 0.4) is 0 Å². The summed E-state index contributed by atoms with van der Waals surface area (Å²) in [5.74, 6) is 4.22. The minimum Gasteiger partial charge on any atom is -0.493 e. The first kappa shape index (κ1) is 14.5. The van der Waals surface area contributed by atoms with Crippen molar-refractivity contribution < 1.29 is 9.47 Å². The Labute approximate surface area is 120 Å². The third-order valence-electron chi connectivity index (χ3n) is 3.12. The lowest BCUT2D eigenvalue weighted by atomic mass is 10.1. The molecule has 1 aliphatic heterocycles. The Hall–Kier alpha value is -0.870. The molecule has 0 spiro atoms. The van der Waals surface area contributed by atoms with Crippen molar-refractivity contribution in [2.24, 2.45) is 0 Å². The maximum absolute atomic E-state index is 5.76. The minimum atomic E-state index is 0.329. The predicted octanol–water partition coefficient (Wildman–Crippen LogP) is 3.25. The minimum absolute atomic E-state index is 0.329. The van der Waals surface area contributed by atoms with Gasteiger partial charge in [-0.05, 0) is 36.6 Å². The van der Waals surface area contributed by atoms with Gasteiger partial charge in [0, 0.05) is 11.6 Å². The predicted molar refractivity (Wildman–Crippen MR) is 81.5 cm³/mol. The van der Waals surface area contributed by atoms with E-state index in [1.807, 2.05) is 23.9 Å². The summed E-state index contributed by atoms with van der Waals surface area (Å²) >= 11 is 1.96. The molecule has 1 heterocycles. The standard InChI is InChI=1S/C15H23NO2S/c1-3-16-14-11-18-15-10-12(6-7-13(14)15)17-8-5-9-19-4-2/h6-7,10,14,16H,3-5,8-9,11H2,1-2H3. The van der Waals surface area contributed by atoms with Crippen LogP contribution in [0.4, 0.5) is 0 Å². The van der Waals surface area contributed by atoms with Crippen LogP contribution in [-0.2, 0) is 0 Å². The van der Waals surface area contributed by atoms with Crippen LogP contribution in [0.2, 0.25) is 0 Å². The van der Waals surface area contributed by atoms with E-state index in [2.05, 4.69) is 25.2 Å². The van der Waals surface area contributed by atoms with E-state index >= 15 is 0 Å². The summed E-state index contributed by atoms with van der Waals surface area (Å²) < 4.78 is 11.5. The van der Waals surface area contributed by atoms with Crippen LogP contribution in [0.5, 0.6) is 11.5 Å². The number of nitrogens with one attached hydrogen (secondary N) is 1. The van der Waals surface area contributed by atoms with Gasteiger partial charge in [-0.25, -0.2) is 0 Å². The number of fused-ring (bicyclic) bond motifs is 1. The smallest absolute Gasteiger partial charge is 0.127 e. The number of hydrogen-bond donors (Lipinski definition) is 1. The molecule has 0 aliphatic carbocycles. The molecule has 4 heteroatoms. The molecule has 1 atom stereocenters. The van der Waals surface area contributed by atoms with Crippen LogP contribution in [0.25, 0.3) is 0 Å². The van der Waals surface area contributed by atoms with Gasteiger partial charge in [0.15, 0.2) is 0 Å². The summed E-state index contributed by atoms with van der Waals surface area (Å²) in [5.41, 5.74) is 1.25. The first-order valence-electron chi connectivity index (χ1n) is 7.05. The topological polar surface area (TPSA) is 30.5 Å². The average molecular weight is 281 g/mol. The van der Waals surface area contributed by atoms with Crippen molar-refractivity contribution in [2.75, 3.05) is 31.3 Å². The van der Waals surface area contributed by atoms with Gasteiger partial charge >= 0.3 is 0 Å². The van der Waals surface area contributed by atoms with Gasteiger partial charge in [0.25, 0.3) is 0 Å². The fourth-order valence-electron chi connectivity index (χ4n) is 2.19. The lowest BCUT2D eigenvalue weighted by Gasteiger charge is -2.10. The Kier molecular flexibility index (Phi) is 5.86. The molecule has 1 unspecified atom stereocenters. The lowest BCUT2D eigenvalue weighted by Crippen LogP contribution is -2.21. The molecular formula is C15H23NO2S. The summed E-state index contributed by atoms with van der Waals surface area (Å²) in [7, 11) is 0. The van der Waals surface area contributed by atoms with E-state index in [-0.39, 0.29) is 0 Å². The van der Waals surface area contributed by atoms with Crippen LogP contribution in [-0.4, -0.2) is 31.3 Å². The van der Waals surface area contributed by atoms with Crippen molar-refractivity contribution in [1.29, 1.82) is 0 Å². The van der Waals surface area contributed by atoms with Crippen LogP contribution >= 0.6 is 11.8 Å². The molecule has 0 saturated heterocycles. The van der Waals surface area contributed by atoms with Crippen LogP contribution < -0.4 is 14.8 Å². The Morgan fingerprint density at radius 1 is 1.42 bits per heavy atom. The van der Waals surface area contributed by atoms with E-state index in [1.54, 1.807) is 0 Å². The van der Waals surface area contributed by atoms with Gasteiger partial charge in [-0.2, -0.15) is 11.8 Å². The number of thioether (sulfide) groups is 1. The van der Waals surface area contributed by atoms with Gasteiger partial charge in [-0.3, -0.25) is 0 Å². The zero-order valence-electron chi connectivity index (χ0n) is 11.8. The van der Waals surface area contributed by atoms with Crippen LogP contribution in [0.1, 0.15) is 31.9 Å². The number of benzene rings is 1. The summed E-state index contributed by atoms with van der Waals surface area (Å²) in [4.78, 5) is 0. The summed E-state index contributed by atoms with van der Waals surface area (Å²) in [6, 6.07) is 6.51. The molecule has 0 saturated carbocycles. The second kappa shape index (κ2) is 7.65. The zero-order chi connectivity index (χ0) is 13.5. The molecule has 3 nitrogen and oxygen atoms in total. The van der Waals surface area contributed by atoms with Gasteiger partial charge in [-0.1, -0.05) is 13.8 Å². The van der Waals surface area contributed by atoms with Crippen molar-refractivity contribution in [3.8, 4) is 11.5 Å². The Morgan fingerprint density at radius 2 is 2.32 bits per heavy atom. The summed E-state index contributed by atoms with van der Waals surface area (Å²) in [6.45, 7) is 6.76. The Morgan fingerprint density at radius 3 is 3.11 bits per heavy atom. The maximum Gasteiger partial charge on any atom is 0.127 e. The first-order chi connectivity index (χ1) is 9.35. The first-order valence-corrected chi connectivity index (χ1v) is 8.21. The fourth-order valence-corrected chi connectivity index (χ4v) is 2.80. The van der Waals surface area contributed by atoms with Crippen molar-refractivity contribution in [3.63, 3.8) is 0 Å². The molecule has 1 aliphatic rings. The van der Waals surface area contributed by atoms with E-state index < -0.39 is 0 Å². The second-order valence-corrected chi connectivity index (χ2v) is 5.91. The fraction of sp³-hybridized carbons (Fsp3) is 0.600. The van der Waals surface area contributed by atoms with Gasteiger partial charge in [0.1, 0.15) is 18.1 Å². The molecule has 106 valence electrons. The number of likely N-dealkylation sites (N-methyl/N-ethyl adjacent to an activating group) is 1. The molecule has 0 fully saturated rings.